The van der Waals surface area contributed by atoms with E-state index >= 15 is 0 Å². The Morgan fingerprint density at radius 2 is 1.92 bits per heavy atom. The van der Waals surface area contributed by atoms with Crippen LogP contribution in [0.1, 0.15) is 16.2 Å². The molecule has 0 amide bonds. The second-order valence-corrected chi connectivity index (χ2v) is 7.44. The molecule has 0 aliphatic heterocycles. The predicted molar refractivity (Wildman–Crippen MR) is 103 cm³/mol. The molecule has 0 bridgehead atoms. The summed E-state index contributed by atoms with van der Waals surface area (Å²) in [6.45, 7) is 4.81. The van der Waals surface area contributed by atoms with E-state index in [1.165, 1.54) is 10.4 Å². The van der Waals surface area contributed by atoms with Gasteiger partial charge in [-0.05, 0) is 55.8 Å². The van der Waals surface area contributed by atoms with Crippen LogP contribution in [-0.4, -0.2) is 9.97 Å². The van der Waals surface area contributed by atoms with Gasteiger partial charge in [-0.15, -0.1) is 11.3 Å². The molecule has 0 atom stereocenters. The topological polar surface area (TPSA) is 42.2 Å². The number of aryl methyl sites for hydroxylation is 2. The van der Waals surface area contributed by atoms with Crippen LogP contribution in [0.15, 0.2) is 53.4 Å². The smallest absolute Gasteiger partial charge is 0.145 e. The second-order valence-electron chi connectivity index (χ2n) is 5.80. The van der Waals surface area contributed by atoms with E-state index in [4.69, 9.17) is 16.0 Å². The number of hydrogen-bond acceptors (Lipinski definition) is 5. The molecule has 0 spiro atoms. The lowest BCUT2D eigenvalue weighted by atomic mass is 10.2. The maximum absolute atomic E-state index is 6.07. The summed E-state index contributed by atoms with van der Waals surface area (Å²) in [6, 6.07) is 11.6. The molecule has 4 rings (SSSR count). The van der Waals surface area contributed by atoms with Gasteiger partial charge in [0.1, 0.15) is 22.7 Å². The largest absolute Gasteiger partial charge is 0.467 e. The predicted octanol–water partition coefficient (Wildman–Crippen LogP) is 5.89. The molecule has 0 N–H and O–H groups in total. The molecular weight excluding hydrogens is 354 g/mol. The average molecular weight is 370 g/mol. The Morgan fingerprint density at radius 1 is 1.12 bits per heavy atom. The Labute approximate surface area is 154 Å². The van der Waals surface area contributed by atoms with Crippen LogP contribution in [0.2, 0.25) is 5.02 Å². The van der Waals surface area contributed by atoms with Crippen molar-refractivity contribution < 1.29 is 4.42 Å². The molecule has 0 radical (unpaired) electrons. The molecule has 0 aliphatic rings. The third-order valence-corrected chi connectivity index (χ3v) is 5.60. The zero-order valence-corrected chi connectivity index (χ0v) is 15.4. The molecule has 0 aliphatic carbocycles. The first-order valence-corrected chi connectivity index (χ1v) is 9.09. The van der Waals surface area contributed by atoms with Gasteiger partial charge in [0, 0.05) is 15.6 Å². The number of anilines is 2. The van der Waals surface area contributed by atoms with E-state index in [1.807, 2.05) is 36.4 Å². The van der Waals surface area contributed by atoms with Crippen molar-refractivity contribution in [1.29, 1.82) is 0 Å². The van der Waals surface area contributed by atoms with Gasteiger partial charge in [0.15, 0.2) is 0 Å². The lowest BCUT2D eigenvalue weighted by molar-refractivity contribution is 0.510. The summed E-state index contributed by atoms with van der Waals surface area (Å²) in [5, 5.41) is 1.79. The van der Waals surface area contributed by atoms with Crippen LogP contribution < -0.4 is 4.90 Å². The minimum atomic E-state index is 0.578. The van der Waals surface area contributed by atoms with E-state index in [2.05, 4.69) is 28.7 Å². The fourth-order valence-corrected chi connectivity index (χ4v) is 3.95. The Morgan fingerprint density at radius 3 is 2.64 bits per heavy atom. The van der Waals surface area contributed by atoms with Gasteiger partial charge in [0.25, 0.3) is 0 Å². The number of thiophene rings is 1. The van der Waals surface area contributed by atoms with Gasteiger partial charge in [0.2, 0.25) is 0 Å². The Balaban J connectivity index is 1.90. The van der Waals surface area contributed by atoms with Gasteiger partial charge in [-0.25, -0.2) is 9.97 Å². The Hall–Kier alpha value is -2.37. The fraction of sp³-hybridized carbons (Fsp3) is 0.158. The van der Waals surface area contributed by atoms with Crippen LogP contribution in [-0.2, 0) is 6.54 Å². The normalized spacial score (nSPS) is 11.2. The number of furan rings is 1. The highest BCUT2D eigenvalue weighted by atomic mass is 35.5. The minimum absolute atomic E-state index is 0.578. The summed E-state index contributed by atoms with van der Waals surface area (Å²) >= 11 is 7.76. The third kappa shape index (κ3) is 3.01. The lowest BCUT2D eigenvalue weighted by Gasteiger charge is -2.24. The van der Waals surface area contributed by atoms with Crippen LogP contribution in [0.25, 0.3) is 10.2 Å². The number of rotatable bonds is 4. The number of nitrogens with zero attached hydrogens (tertiary/aromatic N) is 3. The third-order valence-electron chi connectivity index (χ3n) is 4.23. The first kappa shape index (κ1) is 16.1. The zero-order chi connectivity index (χ0) is 17.4. The monoisotopic (exact) mass is 369 g/mol. The molecule has 4 nitrogen and oxygen atoms in total. The molecule has 6 heteroatoms. The van der Waals surface area contributed by atoms with Crippen LogP contribution >= 0.6 is 22.9 Å². The summed E-state index contributed by atoms with van der Waals surface area (Å²) in [5.41, 5.74) is 2.22. The van der Waals surface area contributed by atoms with Crippen LogP contribution in [0.3, 0.4) is 0 Å². The molecule has 25 heavy (non-hydrogen) atoms. The lowest BCUT2D eigenvalue weighted by Crippen LogP contribution is -2.18. The highest BCUT2D eigenvalue weighted by Crippen LogP contribution is 2.37. The molecule has 1 aromatic carbocycles. The van der Waals surface area contributed by atoms with Gasteiger partial charge >= 0.3 is 0 Å². The minimum Gasteiger partial charge on any atom is -0.467 e. The zero-order valence-electron chi connectivity index (χ0n) is 13.9. The standard InChI is InChI=1S/C19H16ClN3OS/c1-12-13(2)25-19-17(12)18(21-11-22-19)23(10-16-4-3-9-24-16)15-7-5-14(20)6-8-15/h3-9,11H,10H2,1-2H3. The van der Waals surface area contributed by atoms with E-state index in [-0.39, 0.29) is 0 Å². The van der Waals surface area contributed by atoms with Gasteiger partial charge < -0.3 is 9.32 Å². The van der Waals surface area contributed by atoms with E-state index in [9.17, 15) is 0 Å². The Kier molecular flexibility index (Phi) is 4.19. The van der Waals surface area contributed by atoms with Crippen molar-refractivity contribution in [1.82, 2.24) is 9.97 Å². The number of hydrogen-bond donors (Lipinski definition) is 0. The average Bonchev–Trinajstić information content (AvgIpc) is 3.22. The first-order chi connectivity index (χ1) is 12.1. The molecule has 3 aromatic heterocycles. The summed E-state index contributed by atoms with van der Waals surface area (Å²) in [4.78, 5) is 13.4. The van der Waals surface area contributed by atoms with Crippen molar-refractivity contribution >= 4 is 44.7 Å². The summed E-state index contributed by atoms with van der Waals surface area (Å²) in [5.74, 6) is 1.75. The van der Waals surface area contributed by atoms with E-state index in [1.54, 1.807) is 23.9 Å². The number of fused-ring (bicyclic) bond motifs is 1. The molecule has 0 fully saturated rings. The first-order valence-electron chi connectivity index (χ1n) is 7.89. The van der Waals surface area contributed by atoms with E-state index in [0.717, 1.165) is 27.5 Å². The summed E-state index contributed by atoms with van der Waals surface area (Å²) in [6.07, 6.45) is 3.31. The van der Waals surface area contributed by atoms with Gasteiger partial charge in [-0.2, -0.15) is 0 Å². The van der Waals surface area contributed by atoms with Gasteiger partial charge in [0.05, 0.1) is 18.2 Å². The highest BCUT2D eigenvalue weighted by Gasteiger charge is 2.20. The number of benzene rings is 1. The Bertz CT molecular complexity index is 1010. The quantitative estimate of drug-likeness (QED) is 0.449. The summed E-state index contributed by atoms with van der Waals surface area (Å²) in [7, 11) is 0. The van der Waals surface area contributed by atoms with E-state index < -0.39 is 0 Å². The molecule has 0 saturated heterocycles. The molecule has 126 valence electrons. The van der Waals surface area contributed by atoms with Crippen molar-refractivity contribution in [3.8, 4) is 0 Å². The van der Waals surface area contributed by atoms with Crippen LogP contribution in [0, 0.1) is 13.8 Å². The SMILES string of the molecule is Cc1sc2ncnc(N(Cc3ccco3)c3ccc(Cl)cc3)c2c1C. The molecule has 0 saturated carbocycles. The van der Waals surface area contributed by atoms with Gasteiger partial charge in [-0.3, -0.25) is 0 Å². The van der Waals surface area contributed by atoms with Crippen LogP contribution in [0.4, 0.5) is 11.5 Å². The second kappa shape index (κ2) is 6.50. The summed E-state index contributed by atoms with van der Waals surface area (Å²) < 4.78 is 5.57. The highest BCUT2D eigenvalue weighted by molar-refractivity contribution is 7.18. The molecule has 4 aromatic rings. The van der Waals surface area contributed by atoms with Crippen molar-refractivity contribution in [3.05, 3.63) is 70.2 Å². The van der Waals surface area contributed by atoms with Crippen LogP contribution in [0.5, 0.6) is 0 Å². The van der Waals surface area contributed by atoms with Crippen molar-refractivity contribution in [3.63, 3.8) is 0 Å². The van der Waals surface area contributed by atoms with Crippen molar-refractivity contribution in [2.24, 2.45) is 0 Å². The molecule has 3 heterocycles. The van der Waals surface area contributed by atoms with Crippen molar-refractivity contribution in [2.75, 3.05) is 4.90 Å². The molecular formula is C19H16ClN3OS. The van der Waals surface area contributed by atoms with E-state index in [0.29, 0.717) is 11.6 Å². The maximum Gasteiger partial charge on any atom is 0.145 e. The number of aromatic nitrogens is 2. The fourth-order valence-electron chi connectivity index (χ4n) is 2.84. The van der Waals surface area contributed by atoms with Gasteiger partial charge in [-0.1, -0.05) is 11.6 Å². The molecule has 0 unspecified atom stereocenters. The number of halogens is 1. The maximum atomic E-state index is 6.07. The van der Waals surface area contributed by atoms with Crippen molar-refractivity contribution in [2.45, 2.75) is 20.4 Å².